The number of quaternary nitrogens is 1. The Kier molecular flexibility index (Phi) is 15.6. The Morgan fingerprint density at radius 3 is 1.97 bits per heavy atom. The summed E-state index contributed by atoms with van der Waals surface area (Å²) in [6.07, 6.45) is 27.6. The summed E-state index contributed by atoms with van der Waals surface area (Å²) in [4.78, 5) is 16.2. The highest BCUT2D eigenvalue weighted by atomic mass is 16.1. The monoisotopic (exact) mass is 434 g/mol. The van der Waals surface area contributed by atoms with E-state index in [0.717, 1.165) is 24.0 Å². The van der Waals surface area contributed by atoms with Crippen molar-refractivity contribution in [2.45, 2.75) is 136 Å². The highest BCUT2D eigenvalue weighted by Gasteiger charge is 2.41. The van der Waals surface area contributed by atoms with Gasteiger partial charge in [-0.05, 0) is 25.8 Å². The topological polar surface area (TPSA) is 41.5 Å². The maximum atomic E-state index is 11.5. The molecule has 0 bridgehead atoms. The van der Waals surface area contributed by atoms with Crippen LogP contribution < -0.4 is 5.32 Å². The van der Waals surface area contributed by atoms with Gasteiger partial charge in [0.1, 0.15) is 6.54 Å². The van der Waals surface area contributed by atoms with Crippen LogP contribution in [0.3, 0.4) is 0 Å². The van der Waals surface area contributed by atoms with Gasteiger partial charge in [-0.15, -0.1) is 0 Å². The normalized spacial score (nSPS) is 21.7. The molecule has 1 amide bonds. The molecule has 1 heterocycles. The molecule has 180 valence electrons. The minimum absolute atomic E-state index is 0.0375. The van der Waals surface area contributed by atoms with Gasteiger partial charge in [0, 0.05) is 13.8 Å². The van der Waals surface area contributed by atoms with Crippen molar-refractivity contribution < 1.29 is 9.28 Å². The van der Waals surface area contributed by atoms with Crippen molar-refractivity contribution in [3.8, 4) is 0 Å². The summed E-state index contributed by atoms with van der Waals surface area (Å²) < 4.78 is 0.800. The molecular formula is C27H52N3O+. The lowest BCUT2D eigenvalue weighted by Crippen LogP contribution is -2.63. The van der Waals surface area contributed by atoms with Gasteiger partial charge in [-0.3, -0.25) is 9.28 Å². The summed E-state index contributed by atoms with van der Waals surface area (Å²) in [5, 5.41) is 3.08. The molecule has 0 saturated heterocycles. The van der Waals surface area contributed by atoms with Gasteiger partial charge in [0.2, 0.25) is 12.1 Å². The number of hydrogen-bond donors (Lipinski definition) is 1. The molecule has 4 nitrogen and oxygen atoms in total. The fourth-order valence-corrected chi connectivity index (χ4v) is 4.84. The summed E-state index contributed by atoms with van der Waals surface area (Å²) in [6.45, 7) is 10.0. The summed E-state index contributed by atoms with van der Waals surface area (Å²) in [5.41, 5.74) is 0. The Morgan fingerprint density at radius 2 is 1.48 bits per heavy atom. The number of unbranched alkanes of at least 4 members (excludes halogenated alkanes) is 14. The molecule has 0 aromatic heterocycles. The maximum Gasteiger partial charge on any atom is 0.221 e. The Labute approximate surface area is 193 Å². The lowest BCUT2D eigenvalue weighted by atomic mass is 10.0. The van der Waals surface area contributed by atoms with Crippen LogP contribution in [0.2, 0.25) is 0 Å². The lowest BCUT2D eigenvalue weighted by Gasteiger charge is -2.41. The molecule has 1 N–H and O–H groups in total. The molecule has 0 aromatic rings. The molecule has 0 aromatic carbocycles. The van der Waals surface area contributed by atoms with Crippen molar-refractivity contribution in [2.75, 3.05) is 13.1 Å². The zero-order chi connectivity index (χ0) is 22.8. The van der Waals surface area contributed by atoms with Crippen LogP contribution >= 0.6 is 0 Å². The third-order valence-electron chi connectivity index (χ3n) is 7.01. The Hall–Kier alpha value is -1.16. The van der Waals surface area contributed by atoms with E-state index in [1.807, 2.05) is 6.21 Å². The smallest absolute Gasteiger partial charge is 0.221 e. The molecule has 1 rings (SSSR count). The zero-order valence-electron chi connectivity index (χ0n) is 21.2. The number of allylic oxidation sites excluding steroid dienone is 1. The molecule has 0 radical (unpaired) electrons. The number of rotatable bonds is 19. The van der Waals surface area contributed by atoms with Gasteiger partial charge in [0.25, 0.3) is 0 Å². The third-order valence-corrected chi connectivity index (χ3v) is 7.01. The molecule has 3 unspecified atom stereocenters. The Morgan fingerprint density at radius 1 is 0.968 bits per heavy atom. The first kappa shape index (κ1) is 27.9. The van der Waals surface area contributed by atoms with Crippen molar-refractivity contribution in [3.63, 3.8) is 0 Å². The van der Waals surface area contributed by atoms with Crippen molar-refractivity contribution in [1.82, 2.24) is 5.32 Å². The van der Waals surface area contributed by atoms with E-state index in [-0.39, 0.29) is 18.2 Å². The van der Waals surface area contributed by atoms with E-state index in [9.17, 15) is 4.79 Å². The summed E-state index contributed by atoms with van der Waals surface area (Å²) in [6, 6.07) is 0. The SMILES string of the molecule is CCCCCCCCCCCCCCCC/C=C/C1N=CC[N+]1(CC)C(C)NC(C)=O. The zero-order valence-corrected chi connectivity index (χ0v) is 21.2. The molecular weight excluding hydrogens is 382 g/mol. The van der Waals surface area contributed by atoms with Crippen LogP contribution in [0.25, 0.3) is 0 Å². The van der Waals surface area contributed by atoms with E-state index in [2.05, 4.69) is 38.2 Å². The number of amides is 1. The molecule has 0 fully saturated rings. The molecule has 0 aliphatic carbocycles. The molecule has 1 aliphatic rings. The predicted molar refractivity (Wildman–Crippen MR) is 135 cm³/mol. The summed E-state index contributed by atoms with van der Waals surface area (Å²) in [7, 11) is 0. The number of nitrogens with zero attached hydrogens (tertiary/aromatic N) is 2. The number of hydrogen-bond acceptors (Lipinski definition) is 2. The van der Waals surface area contributed by atoms with E-state index >= 15 is 0 Å². The molecule has 31 heavy (non-hydrogen) atoms. The van der Waals surface area contributed by atoms with Crippen LogP contribution in [-0.2, 0) is 4.79 Å². The maximum absolute atomic E-state index is 11.5. The van der Waals surface area contributed by atoms with Gasteiger partial charge < -0.3 is 5.32 Å². The standard InChI is InChI=1S/C27H51N3O/c1-5-7-8-9-10-11-12-13-14-15-16-17-18-19-20-21-22-27-28-23-24-30(27,6-2)25(3)29-26(4)31/h21-23,25,27H,5-20,24H2,1-4H3/p+1/b22-21+. The number of likely N-dealkylation sites (N-methyl/N-ethyl adjacent to an activating group) is 1. The number of nitrogens with one attached hydrogen (secondary N) is 1. The molecule has 4 heteroatoms. The van der Waals surface area contributed by atoms with Gasteiger partial charge in [-0.2, -0.15) is 0 Å². The van der Waals surface area contributed by atoms with Crippen molar-refractivity contribution in [1.29, 1.82) is 0 Å². The van der Waals surface area contributed by atoms with Gasteiger partial charge in [-0.1, -0.05) is 96.5 Å². The second kappa shape index (κ2) is 17.4. The first-order chi connectivity index (χ1) is 15.1. The highest BCUT2D eigenvalue weighted by molar-refractivity contribution is 5.73. The van der Waals surface area contributed by atoms with Gasteiger partial charge in [-0.25, -0.2) is 4.99 Å². The van der Waals surface area contributed by atoms with Gasteiger partial charge in [0.15, 0.2) is 6.17 Å². The van der Waals surface area contributed by atoms with Gasteiger partial charge >= 0.3 is 0 Å². The summed E-state index contributed by atoms with van der Waals surface area (Å²) in [5.74, 6) is 0.0375. The Bertz CT molecular complexity index is 517. The Balaban J connectivity index is 2.05. The first-order valence-corrected chi connectivity index (χ1v) is 13.4. The van der Waals surface area contributed by atoms with E-state index < -0.39 is 0 Å². The van der Waals surface area contributed by atoms with E-state index in [1.54, 1.807) is 6.92 Å². The van der Waals surface area contributed by atoms with Crippen molar-refractivity contribution in [2.24, 2.45) is 4.99 Å². The quantitative estimate of drug-likeness (QED) is 0.131. The van der Waals surface area contributed by atoms with Crippen LogP contribution in [0, 0.1) is 0 Å². The molecule has 0 spiro atoms. The van der Waals surface area contributed by atoms with E-state index in [1.165, 1.54) is 89.9 Å². The first-order valence-electron chi connectivity index (χ1n) is 13.4. The number of carbonyl (C=O) groups is 1. The second-order valence-corrected chi connectivity index (χ2v) is 9.54. The largest absolute Gasteiger partial charge is 0.307 e. The van der Waals surface area contributed by atoms with E-state index in [4.69, 9.17) is 4.99 Å². The fraction of sp³-hybridized carbons (Fsp3) is 0.852. The van der Waals surface area contributed by atoms with Crippen LogP contribution in [0.1, 0.15) is 124 Å². The molecule has 0 saturated carbocycles. The van der Waals surface area contributed by atoms with Crippen LogP contribution in [-0.4, -0.2) is 42.0 Å². The lowest BCUT2D eigenvalue weighted by molar-refractivity contribution is -0.953. The third kappa shape index (κ3) is 11.3. The fourth-order valence-electron chi connectivity index (χ4n) is 4.84. The average molecular weight is 435 g/mol. The molecule has 3 atom stereocenters. The van der Waals surface area contributed by atoms with Crippen LogP contribution in [0.5, 0.6) is 0 Å². The predicted octanol–water partition coefficient (Wildman–Crippen LogP) is 7.14. The number of aliphatic imine (C=N–C) groups is 1. The minimum atomic E-state index is 0.0375. The van der Waals surface area contributed by atoms with Crippen molar-refractivity contribution in [3.05, 3.63) is 12.2 Å². The highest BCUT2D eigenvalue weighted by Crippen LogP contribution is 2.24. The minimum Gasteiger partial charge on any atom is -0.307 e. The van der Waals surface area contributed by atoms with Crippen LogP contribution in [0.15, 0.2) is 17.1 Å². The second-order valence-electron chi connectivity index (χ2n) is 9.54. The van der Waals surface area contributed by atoms with Crippen LogP contribution in [0.4, 0.5) is 0 Å². The average Bonchev–Trinajstić information content (AvgIpc) is 3.17. The van der Waals surface area contributed by atoms with Crippen molar-refractivity contribution >= 4 is 12.1 Å². The van der Waals surface area contributed by atoms with E-state index in [0.29, 0.717) is 0 Å². The van der Waals surface area contributed by atoms with Gasteiger partial charge in [0.05, 0.1) is 12.8 Å². The number of carbonyl (C=O) groups excluding carboxylic acids is 1. The summed E-state index contributed by atoms with van der Waals surface area (Å²) >= 11 is 0. The molecule has 1 aliphatic heterocycles.